The fourth-order valence-electron chi connectivity index (χ4n) is 2.37. The van der Waals surface area contributed by atoms with Gasteiger partial charge in [0.05, 0.1) is 0 Å². The lowest BCUT2D eigenvalue weighted by atomic mass is 9.98. The van der Waals surface area contributed by atoms with Crippen LogP contribution in [0.4, 0.5) is 10.1 Å². The maximum Gasteiger partial charge on any atom is 0.124 e. The van der Waals surface area contributed by atoms with E-state index in [4.69, 9.17) is 0 Å². The molecule has 2 rings (SSSR count). The quantitative estimate of drug-likeness (QED) is 0.870. The van der Waals surface area contributed by atoms with Crippen molar-refractivity contribution in [3.8, 4) is 0 Å². The lowest BCUT2D eigenvalue weighted by molar-refractivity contribution is 0.583. The number of likely N-dealkylation sites (N-methyl/N-ethyl adjacent to an activating group) is 1. The number of nitrogens with one attached hydrogen (secondary N) is 1. The minimum absolute atomic E-state index is 0.151. The van der Waals surface area contributed by atoms with Gasteiger partial charge in [-0.2, -0.15) is 0 Å². The molecule has 1 unspecified atom stereocenters. The molecule has 1 N–H and O–H groups in total. The number of rotatable bonds is 5. The van der Waals surface area contributed by atoms with Crippen LogP contribution >= 0.6 is 15.9 Å². The third-order valence-corrected chi connectivity index (χ3v) is 3.96. The summed E-state index contributed by atoms with van der Waals surface area (Å²) >= 11 is 3.34. The second-order valence-electron chi connectivity index (χ2n) is 5.31. The molecule has 0 saturated heterocycles. The molecule has 0 fully saturated rings. The molecule has 4 heteroatoms. The summed E-state index contributed by atoms with van der Waals surface area (Å²) in [6.07, 6.45) is 0.740. The smallest absolute Gasteiger partial charge is 0.124 e. The third-order valence-electron chi connectivity index (χ3n) is 3.50. The van der Waals surface area contributed by atoms with Crippen LogP contribution in [0.2, 0.25) is 0 Å². The SMILES string of the molecule is CNC(Cc1cc(F)cc(Br)c1)c1cccc(N(C)C)c1. The highest BCUT2D eigenvalue weighted by Crippen LogP contribution is 2.24. The molecule has 0 aromatic heterocycles. The summed E-state index contributed by atoms with van der Waals surface area (Å²) in [4.78, 5) is 2.08. The van der Waals surface area contributed by atoms with E-state index in [0.717, 1.165) is 22.1 Å². The van der Waals surface area contributed by atoms with E-state index in [0.29, 0.717) is 0 Å². The standard InChI is InChI=1S/C17H20BrFN2/c1-20-17(9-12-7-14(18)11-15(19)8-12)13-5-4-6-16(10-13)21(2)3/h4-8,10-11,17,20H,9H2,1-3H3. The minimum Gasteiger partial charge on any atom is -0.378 e. The number of benzene rings is 2. The number of halogens is 2. The summed E-state index contributed by atoms with van der Waals surface area (Å²) in [5.74, 6) is -0.212. The molecule has 0 aliphatic carbocycles. The van der Waals surface area contributed by atoms with E-state index in [1.165, 1.54) is 11.6 Å². The van der Waals surface area contributed by atoms with Crippen molar-refractivity contribution < 1.29 is 4.39 Å². The lowest BCUT2D eigenvalue weighted by Crippen LogP contribution is -2.19. The van der Waals surface area contributed by atoms with Gasteiger partial charge in [-0.05, 0) is 54.9 Å². The van der Waals surface area contributed by atoms with Crippen LogP contribution in [0.3, 0.4) is 0 Å². The van der Waals surface area contributed by atoms with Crippen LogP contribution in [0.15, 0.2) is 46.9 Å². The van der Waals surface area contributed by atoms with Crippen molar-refractivity contribution >= 4 is 21.6 Å². The van der Waals surface area contributed by atoms with Crippen molar-refractivity contribution in [1.82, 2.24) is 5.32 Å². The van der Waals surface area contributed by atoms with Crippen molar-refractivity contribution in [2.45, 2.75) is 12.5 Å². The Morgan fingerprint density at radius 1 is 1.19 bits per heavy atom. The van der Waals surface area contributed by atoms with Crippen molar-refractivity contribution in [3.05, 3.63) is 63.9 Å². The molecule has 0 radical (unpaired) electrons. The fourth-order valence-corrected chi connectivity index (χ4v) is 2.88. The van der Waals surface area contributed by atoms with E-state index in [1.54, 1.807) is 6.07 Å². The van der Waals surface area contributed by atoms with Gasteiger partial charge >= 0.3 is 0 Å². The molecule has 0 saturated carbocycles. The van der Waals surface area contributed by atoms with Gasteiger partial charge in [0.15, 0.2) is 0 Å². The van der Waals surface area contributed by atoms with Crippen molar-refractivity contribution in [2.24, 2.45) is 0 Å². The second kappa shape index (κ2) is 7.05. The summed E-state index contributed by atoms with van der Waals surface area (Å²) < 4.78 is 14.3. The van der Waals surface area contributed by atoms with E-state index in [1.807, 2.05) is 27.2 Å². The Morgan fingerprint density at radius 3 is 2.57 bits per heavy atom. The summed E-state index contributed by atoms with van der Waals surface area (Å²) in [7, 11) is 5.98. The predicted molar refractivity (Wildman–Crippen MR) is 90.4 cm³/mol. The van der Waals surface area contributed by atoms with Gasteiger partial charge in [-0.15, -0.1) is 0 Å². The molecule has 112 valence electrons. The van der Waals surface area contributed by atoms with E-state index in [9.17, 15) is 4.39 Å². The Kier molecular flexibility index (Phi) is 5.37. The molecule has 0 aliphatic rings. The highest BCUT2D eigenvalue weighted by molar-refractivity contribution is 9.10. The highest BCUT2D eigenvalue weighted by atomic mass is 79.9. The topological polar surface area (TPSA) is 15.3 Å². The molecule has 21 heavy (non-hydrogen) atoms. The van der Waals surface area contributed by atoms with Crippen LogP contribution < -0.4 is 10.2 Å². The first-order valence-corrected chi connectivity index (χ1v) is 7.68. The monoisotopic (exact) mass is 350 g/mol. The zero-order valence-electron chi connectivity index (χ0n) is 12.5. The van der Waals surface area contributed by atoms with Crippen molar-refractivity contribution in [3.63, 3.8) is 0 Å². The van der Waals surface area contributed by atoms with E-state index >= 15 is 0 Å². The number of hydrogen-bond donors (Lipinski definition) is 1. The molecule has 0 aliphatic heterocycles. The van der Waals surface area contributed by atoms with Crippen molar-refractivity contribution in [1.29, 1.82) is 0 Å². The fraction of sp³-hybridized carbons (Fsp3) is 0.294. The molecule has 2 aromatic rings. The molecular formula is C17H20BrFN2. The second-order valence-corrected chi connectivity index (χ2v) is 6.23. The predicted octanol–water partition coefficient (Wildman–Crippen LogP) is 4.16. The number of hydrogen-bond acceptors (Lipinski definition) is 2. The average Bonchev–Trinajstić information content (AvgIpc) is 2.44. The Hall–Kier alpha value is -1.39. The van der Waals surface area contributed by atoms with Gasteiger partial charge in [0.25, 0.3) is 0 Å². The molecule has 0 spiro atoms. The Morgan fingerprint density at radius 2 is 1.95 bits per heavy atom. The van der Waals surface area contributed by atoms with Crippen LogP contribution in [0.5, 0.6) is 0 Å². The molecule has 2 aromatic carbocycles. The van der Waals surface area contributed by atoms with Crippen LogP contribution in [-0.2, 0) is 6.42 Å². The molecule has 0 heterocycles. The van der Waals surface area contributed by atoms with E-state index < -0.39 is 0 Å². The highest BCUT2D eigenvalue weighted by Gasteiger charge is 2.12. The van der Waals surface area contributed by atoms with Gasteiger partial charge in [0, 0.05) is 30.3 Å². The zero-order valence-corrected chi connectivity index (χ0v) is 14.1. The van der Waals surface area contributed by atoms with Crippen LogP contribution in [0, 0.1) is 5.82 Å². The summed E-state index contributed by atoms with van der Waals surface area (Å²) in [5, 5.41) is 3.32. The normalized spacial score (nSPS) is 12.2. The molecule has 0 bridgehead atoms. The Labute approximate surface area is 134 Å². The Bertz CT molecular complexity index is 593. The number of anilines is 1. The van der Waals surface area contributed by atoms with Gasteiger partial charge < -0.3 is 10.2 Å². The first-order valence-electron chi connectivity index (χ1n) is 6.89. The summed E-state index contributed by atoms with van der Waals surface area (Å²) in [6.45, 7) is 0. The summed E-state index contributed by atoms with van der Waals surface area (Å²) in [5.41, 5.74) is 3.33. The van der Waals surface area contributed by atoms with Crippen molar-refractivity contribution in [2.75, 3.05) is 26.0 Å². The van der Waals surface area contributed by atoms with E-state index in [-0.39, 0.29) is 11.9 Å². The van der Waals surface area contributed by atoms with Gasteiger partial charge in [-0.3, -0.25) is 0 Å². The maximum absolute atomic E-state index is 13.5. The molecule has 2 nitrogen and oxygen atoms in total. The van der Waals surface area contributed by atoms with Crippen LogP contribution in [0.25, 0.3) is 0 Å². The number of nitrogens with zero attached hydrogens (tertiary/aromatic N) is 1. The molecule has 0 amide bonds. The van der Waals surface area contributed by atoms with Gasteiger partial charge in [0.1, 0.15) is 5.82 Å². The lowest BCUT2D eigenvalue weighted by Gasteiger charge is -2.20. The largest absolute Gasteiger partial charge is 0.378 e. The Balaban J connectivity index is 2.25. The first kappa shape index (κ1) is 16.0. The first-order chi connectivity index (χ1) is 9.99. The van der Waals surface area contributed by atoms with Gasteiger partial charge in [-0.25, -0.2) is 4.39 Å². The maximum atomic E-state index is 13.5. The summed E-state index contributed by atoms with van der Waals surface area (Å²) in [6, 6.07) is 13.6. The third kappa shape index (κ3) is 4.29. The molecule has 1 atom stereocenters. The van der Waals surface area contributed by atoms with Gasteiger partial charge in [-0.1, -0.05) is 28.1 Å². The van der Waals surface area contributed by atoms with E-state index in [2.05, 4.69) is 50.4 Å². The van der Waals surface area contributed by atoms with Crippen LogP contribution in [0.1, 0.15) is 17.2 Å². The zero-order chi connectivity index (χ0) is 15.4. The average molecular weight is 351 g/mol. The van der Waals surface area contributed by atoms with Crippen LogP contribution in [-0.4, -0.2) is 21.1 Å². The molecular weight excluding hydrogens is 331 g/mol. The van der Waals surface area contributed by atoms with Gasteiger partial charge in [0.2, 0.25) is 0 Å². The minimum atomic E-state index is -0.212.